The van der Waals surface area contributed by atoms with Crippen molar-refractivity contribution in [1.82, 2.24) is 5.32 Å². The minimum atomic E-state index is 0.0654. The number of nitrogens with one attached hydrogen (secondary N) is 1. The summed E-state index contributed by atoms with van der Waals surface area (Å²) in [7, 11) is 1.98. The second kappa shape index (κ2) is 4.34. The molecule has 1 aliphatic heterocycles. The fourth-order valence-electron chi connectivity index (χ4n) is 1.84. The average molecular weight is 221 g/mol. The zero-order chi connectivity index (χ0) is 11.6. The molecule has 2 rings (SSSR count). The maximum Gasteiger partial charge on any atom is 0.164 e. The van der Waals surface area contributed by atoms with Crippen molar-refractivity contribution in [3.63, 3.8) is 0 Å². The molecule has 0 aromatic heterocycles. The van der Waals surface area contributed by atoms with Gasteiger partial charge in [0.25, 0.3) is 0 Å². The summed E-state index contributed by atoms with van der Waals surface area (Å²) < 4.78 is 11.3. The highest BCUT2D eigenvalue weighted by Gasteiger charge is 2.21. The van der Waals surface area contributed by atoms with Crippen LogP contribution in [0.25, 0.3) is 0 Å². The van der Waals surface area contributed by atoms with Gasteiger partial charge in [0.1, 0.15) is 13.2 Å². The Kier molecular flexibility index (Phi) is 3.06. The first kappa shape index (κ1) is 11.3. The lowest BCUT2D eigenvalue weighted by Gasteiger charge is -2.27. The van der Waals surface area contributed by atoms with Crippen LogP contribution in [0.3, 0.4) is 0 Å². The van der Waals surface area contributed by atoms with E-state index in [9.17, 15) is 0 Å². The first-order valence-electron chi connectivity index (χ1n) is 5.69. The Morgan fingerprint density at radius 3 is 2.75 bits per heavy atom. The molecule has 0 saturated heterocycles. The molecule has 0 fully saturated rings. The SMILES string of the molecule is CNC(C)(C)Cc1cccc2c1OCCO2. The molecular weight excluding hydrogens is 202 g/mol. The molecule has 88 valence electrons. The zero-order valence-corrected chi connectivity index (χ0v) is 10.2. The molecule has 1 aliphatic rings. The molecule has 1 aromatic rings. The van der Waals surface area contributed by atoms with E-state index in [0.29, 0.717) is 13.2 Å². The van der Waals surface area contributed by atoms with Gasteiger partial charge in [0.05, 0.1) is 0 Å². The van der Waals surface area contributed by atoms with Crippen LogP contribution in [0.4, 0.5) is 0 Å². The number of para-hydroxylation sites is 1. The quantitative estimate of drug-likeness (QED) is 0.846. The summed E-state index contributed by atoms with van der Waals surface area (Å²) >= 11 is 0. The molecule has 16 heavy (non-hydrogen) atoms. The topological polar surface area (TPSA) is 30.5 Å². The molecule has 0 spiro atoms. The largest absolute Gasteiger partial charge is 0.486 e. The zero-order valence-electron chi connectivity index (χ0n) is 10.2. The third kappa shape index (κ3) is 2.30. The summed E-state index contributed by atoms with van der Waals surface area (Å²) in [6, 6.07) is 6.09. The number of rotatable bonds is 3. The van der Waals surface area contributed by atoms with Crippen molar-refractivity contribution in [1.29, 1.82) is 0 Å². The van der Waals surface area contributed by atoms with Crippen LogP contribution in [0.5, 0.6) is 11.5 Å². The number of ether oxygens (including phenoxy) is 2. The second-order valence-corrected chi connectivity index (χ2v) is 4.75. The Morgan fingerprint density at radius 2 is 2.00 bits per heavy atom. The summed E-state index contributed by atoms with van der Waals surface area (Å²) in [5.41, 5.74) is 1.27. The molecule has 0 amide bonds. The molecule has 1 N–H and O–H groups in total. The van der Waals surface area contributed by atoms with Gasteiger partial charge in [-0.1, -0.05) is 12.1 Å². The Bertz CT molecular complexity index is 374. The molecule has 3 heteroatoms. The van der Waals surface area contributed by atoms with Gasteiger partial charge in [-0.2, -0.15) is 0 Å². The number of benzene rings is 1. The van der Waals surface area contributed by atoms with Crippen molar-refractivity contribution < 1.29 is 9.47 Å². The van der Waals surface area contributed by atoms with Crippen LogP contribution in [0.15, 0.2) is 18.2 Å². The lowest BCUT2D eigenvalue weighted by molar-refractivity contribution is 0.169. The van der Waals surface area contributed by atoms with Crippen molar-refractivity contribution >= 4 is 0 Å². The summed E-state index contributed by atoms with van der Waals surface area (Å²) in [5, 5.41) is 3.30. The van der Waals surface area contributed by atoms with Gasteiger partial charge in [0.15, 0.2) is 11.5 Å². The fraction of sp³-hybridized carbons (Fsp3) is 0.538. The van der Waals surface area contributed by atoms with Gasteiger partial charge < -0.3 is 14.8 Å². The lowest BCUT2D eigenvalue weighted by atomic mass is 9.94. The van der Waals surface area contributed by atoms with E-state index < -0.39 is 0 Å². The molecular formula is C13H19NO2. The highest BCUT2D eigenvalue weighted by atomic mass is 16.6. The Hall–Kier alpha value is -1.22. The molecule has 0 bridgehead atoms. The normalized spacial score (nSPS) is 14.9. The maximum absolute atomic E-state index is 5.69. The van der Waals surface area contributed by atoms with Gasteiger partial charge in [0.2, 0.25) is 0 Å². The molecule has 0 unspecified atom stereocenters. The van der Waals surface area contributed by atoms with E-state index >= 15 is 0 Å². The van der Waals surface area contributed by atoms with Crippen molar-refractivity contribution in [2.45, 2.75) is 25.8 Å². The number of hydrogen-bond donors (Lipinski definition) is 1. The molecule has 0 aliphatic carbocycles. The highest BCUT2D eigenvalue weighted by molar-refractivity contribution is 5.48. The first-order valence-corrected chi connectivity index (χ1v) is 5.69. The Morgan fingerprint density at radius 1 is 1.25 bits per heavy atom. The summed E-state index contributed by atoms with van der Waals surface area (Å²) in [4.78, 5) is 0. The van der Waals surface area contributed by atoms with Crippen molar-refractivity contribution in [3.05, 3.63) is 23.8 Å². The third-order valence-electron chi connectivity index (χ3n) is 2.96. The molecule has 0 atom stereocenters. The molecule has 1 heterocycles. The van der Waals surface area contributed by atoms with E-state index in [0.717, 1.165) is 17.9 Å². The van der Waals surface area contributed by atoms with Crippen molar-refractivity contribution in [2.24, 2.45) is 0 Å². The number of fused-ring (bicyclic) bond motifs is 1. The van der Waals surface area contributed by atoms with Gasteiger partial charge >= 0.3 is 0 Å². The van der Waals surface area contributed by atoms with E-state index in [4.69, 9.17) is 9.47 Å². The van der Waals surface area contributed by atoms with E-state index in [1.165, 1.54) is 5.56 Å². The predicted molar refractivity (Wildman–Crippen MR) is 64.3 cm³/mol. The molecule has 0 radical (unpaired) electrons. The Labute approximate surface area is 96.8 Å². The van der Waals surface area contributed by atoms with Crippen LogP contribution in [0, 0.1) is 0 Å². The number of hydrogen-bond acceptors (Lipinski definition) is 3. The van der Waals surface area contributed by atoms with E-state index in [-0.39, 0.29) is 5.54 Å². The fourth-order valence-corrected chi connectivity index (χ4v) is 1.84. The minimum absolute atomic E-state index is 0.0654. The second-order valence-electron chi connectivity index (χ2n) is 4.75. The highest BCUT2D eigenvalue weighted by Crippen LogP contribution is 2.35. The molecule has 1 aromatic carbocycles. The van der Waals surface area contributed by atoms with Gasteiger partial charge in [-0.25, -0.2) is 0 Å². The Balaban J connectivity index is 2.27. The van der Waals surface area contributed by atoms with Crippen LogP contribution in [-0.2, 0) is 6.42 Å². The lowest BCUT2D eigenvalue weighted by Crippen LogP contribution is -2.38. The summed E-state index contributed by atoms with van der Waals surface area (Å²) in [6.45, 7) is 5.64. The standard InChI is InChI=1S/C13H19NO2/c1-13(2,14-3)9-10-5-4-6-11-12(10)16-8-7-15-11/h4-6,14H,7-9H2,1-3H3. The van der Waals surface area contributed by atoms with Gasteiger partial charge in [0, 0.05) is 5.54 Å². The van der Waals surface area contributed by atoms with Crippen LogP contribution in [0.2, 0.25) is 0 Å². The van der Waals surface area contributed by atoms with E-state index in [1.54, 1.807) is 0 Å². The third-order valence-corrected chi connectivity index (χ3v) is 2.96. The monoisotopic (exact) mass is 221 g/mol. The van der Waals surface area contributed by atoms with Crippen molar-refractivity contribution in [2.75, 3.05) is 20.3 Å². The van der Waals surface area contributed by atoms with Gasteiger partial charge in [-0.3, -0.25) is 0 Å². The molecule has 0 saturated carbocycles. The van der Waals surface area contributed by atoms with Crippen LogP contribution in [-0.4, -0.2) is 25.8 Å². The van der Waals surface area contributed by atoms with Gasteiger partial charge in [-0.15, -0.1) is 0 Å². The van der Waals surface area contributed by atoms with Crippen LogP contribution >= 0.6 is 0 Å². The smallest absolute Gasteiger partial charge is 0.164 e. The number of likely N-dealkylation sites (N-methyl/N-ethyl adjacent to an activating group) is 1. The van der Waals surface area contributed by atoms with Gasteiger partial charge in [-0.05, 0) is 38.9 Å². The van der Waals surface area contributed by atoms with Crippen LogP contribution < -0.4 is 14.8 Å². The van der Waals surface area contributed by atoms with E-state index in [2.05, 4.69) is 25.2 Å². The van der Waals surface area contributed by atoms with E-state index in [1.807, 2.05) is 19.2 Å². The minimum Gasteiger partial charge on any atom is -0.486 e. The van der Waals surface area contributed by atoms with Crippen LogP contribution in [0.1, 0.15) is 19.4 Å². The van der Waals surface area contributed by atoms with Crippen molar-refractivity contribution in [3.8, 4) is 11.5 Å². The average Bonchev–Trinajstić information content (AvgIpc) is 2.29. The summed E-state index contributed by atoms with van der Waals surface area (Å²) in [6.07, 6.45) is 0.927. The molecule has 3 nitrogen and oxygen atoms in total. The predicted octanol–water partition coefficient (Wildman–Crippen LogP) is 2.00. The maximum atomic E-state index is 5.69. The summed E-state index contributed by atoms with van der Waals surface area (Å²) in [5.74, 6) is 1.78. The first-order chi connectivity index (χ1) is 7.62.